The van der Waals surface area contributed by atoms with Gasteiger partial charge in [0, 0.05) is 34.9 Å². The van der Waals surface area contributed by atoms with E-state index in [-0.39, 0.29) is 24.8 Å². The second-order valence-electron chi connectivity index (χ2n) is 10.7. The van der Waals surface area contributed by atoms with E-state index in [9.17, 15) is 14.7 Å². The smallest absolute Gasteiger partial charge is 0.264 e. The third-order valence-corrected chi connectivity index (χ3v) is 10.3. The average molecular weight is 533 g/mol. The zero-order chi connectivity index (χ0) is 27.1. The van der Waals surface area contributed by atoms with Crippen LogP contribution in [0, 0.1) is 5.92 Å². The number of amides is 2. The van der Waals surface area contributed by atoms with Gasteiger partial charge in [0.25, 0.3) is 11.8 Å². The van der Waals surface area contributed by atoms with Gasteiger partial charge in [0.1, 0.15) is 0 Å². The Labute approximate surface area is 223 Å². The van der Waals surface area contributed by atoms with E-state index >= 15 is 4.11 Å². The Morgan fingerprint density at radius 1 is 1.08 bits per heavy atom. The number of anilines is 2. The molecule has 8 heteroatoms. The van der Waals surface area contributed by atoms with Crippen LogP contribution in [0.15, 0.2) is 78.9 Å². The number of halogens is 1. The van der Waals surface area contributed by atoms with Crippen molar-refractivity contribution in [2.24, 2.45) is 5.92 Å². The molecule has 0 saturated carbocycles. The molecule has 3 aromatic carbocycles. The summed E-state index contributed by atoms with van der Waals surface area (Å²) in [6.45, 7) is 5.35. The number of hydrogen-bond donors (Lipinski definition) is 2. The maximum absolute atomic E-state index is 15.7. The molecule has 0 aromatic heterocycles. The van der Waals surface area contributed by atoms with Crippen LogP contribution >= 0.6 is 0 Å². The molecule has 1 fully saturated rings. The highest BCUT2D eigenvalue weighted by molar-refractivity contribution is 6.72. The maximum atomic E-state index is 15.7. The van der Waals surface area contributed by atoms with Gasteiger partial charge in [-0.05, 0) is 55.4 Å². The third kappa shape index (κ3) is 4.46. The fourth-order valence-electron chi connectivity index (χ4n) is 6.24. The van der Waals surface area contributed by atoms with Gasteiger partial charge in [0.15, 0.2) is 5.60 Å². The number of ether oxygens (including phenoxy) is 1. The predicted molar refractivity (Wildman–Crippen MR) is 148 cm³/mol. The van der Waals surface area contributed by atoms with Crippen molar-refractivity contribution in [3.05, 3.63) is 95.6 Å². The lowest BCUT2D eigenvalue weighted by atomic mass is 9.82. The largest absolute Gasteiger partial charge is 0.396 e. The molecule has 1 saturated heterocycles. The molecule has 2 amide bonds. The predicted octanol–water partition coefficient (Wildman–Crippen LogP) is 5.64. The monoisotopic (exact) mass is 532 g/mol. The second kappa shape index (κ2) is 10.1. The van der Waals surface area contributed by atoms with E-state index in [0.29, 0.717) is 29.0 Å². The van der Waals surface area contributed by atoms with Gasteiger partial charge in [-0.3, -0.25) is 9.59 Å². The molecule has 0 unspecified atom stereocenters. The van der Waals surface area contributed by atoms with Crippen LogP contribution in [-0.4, -0.2) is 38.0 Å². The van der Waals surface area contributed by atoms with E-state index in [1.165, 1.54) is 0 Å². The number of rotatable bonds is 7. The van der Waals surface area contributed by atoms with Crippen LogP contribution in [0.25, 0.3) is 0 Å². The highest BCUT2D eigenvalue weighted by atomic mass is 28.4. The van der Waals surface area contributed by atoms with Crippen molar-refractivity contribution < 1.29 is 23.5 Å². The number of hydrogen-bond acceptors (Lipinski definition) is 4. The summed E-state index contributed by atoms with van der Waals surface area (Å²) in [5.74, 6) is -0.962. The van der Waals surface area contributed by atoms with Crippen molar-refractivity contribution in [3.63, 3.8) is 0 Å². The fourth-order valence-corrected chi connectivity index (χ4v) is 8.78. The van der Waals surface area contributed by atoms with Gasteiger partial charge in [-0.1, -0.05) is 55.5 Å². The Morgan fingerprint density at radius 3 is 2.37 bits per heavy atom. The second-order valence-corrected chi connectivity index (χ2v) is 14.5. The first-order valence-corrected chi connectivity index (χ1v) is 16.0. The summed E-state index contributed by atoms with van der Waals surface area (Å²) >= 11 is 0. The molecule has 0 aliphatic carbocycles. The van der Waals surface area contributed by atoms with E-state index in [1.807, 2.05) is 49.4 Å². The summed E-state index contributed by atoms with van der Waals surface area (Å²) in [5.41, 5.74) is 1.43. The molecule has 2 aliphatic heterocycles. The molecule has 5 rings (SSSR count). The van der Waals surface area contributed by atoms with Gasteiger partial charge in [0.05, 0.1) is 18.3 Å². The zero-order valence-electron chi connectivity index (χ0n) is 21.9. The standard InChI is InChI=1S/C30H33FN2O4Si/c1-20-27(38(2,3)31)26(16-17-34)37-30(20)24-18-23(32-28(35)22-12-8-5-9-13-22)14-15-25(24)33(29(30)36)19-21-10-6-4-7-11-21/h4-15,18,20,26-27,34H,16-17,19H2,1-3H3,(H,32,35)/t20-,26+,27-,30+/m1/s1. The summed E-state index contributed by atoms with van der Waals surface area (Å²) in [6, 6.07) is 24.0. The number of benzene rings is 3. The van der Waals surface area contributed by atoms with Crippen LogP contribution < -0.4 is 10.2 Å². The Hall–Kier alpha value is -3.33. The Kier molecular flexibility index (Phi) is 6.98. The molecule has 2 heterocycles. The van der Waals surface area contributed by atoms with Crippen LogP contribution in [0.5, 0.6) is 0 Å². The van der Waals surface area contributed by atoms with Crippen molar-refractivity contribution in [1.29, 1.82) is 0 Å². The molecule has 0 radical (unpaired) electrons. The van der Waals surface area contributed by atoms with Crippen LogP contribution in [0.4, 0.5) is 15.5 Å². The summed E-state index contributed by atoms with van der Waals surface area (Å²) in [7, 11) is -3.29. The molecule has 6 nitrogen and oxygen atoms in total. The summed E-state index contributed by atoms with van der Waals surface area (Å²) in [4.78, 5) is 28.9. The minimum atomic E-state index is -3.29. The number of carbonyl (C=O) groups is 2. The van der Waals surface area contributed by atoms with Crippen molar-refractivity contribution in [1.82, 2.24) is 0 Å². The number of aliphatic hydroxyl groups excluding tert-OH is 1. The molecule has 198 valence electrons. The normalized spacial score (nSPS) is 24.6. The highest BCUT2D eigenvalue weighted by Crippen LogP contribution is 2.60. The molecule has 2 N–H and O–H groups in total. The van der Waals surface area contributed by atoms with Crippen molar-refractivity contribution >= 4 is 31.6 Å². The molecule has 1 spiro atoms. The minimum absolute atomic E-state index is 0.156. The quantitative estimate of drug-likeness (QED) is 0.305. The first-order valence-electron chi connectivity index (χ1n) is 13.0. The number of nitrogens with zero attached hydrogens (tertiary/aromatic N) is 1. The molecule has 38 heavy (non-hydrogen) atoms. The van der Waals surface area contributed by atoms with Gasteiger partial charge >= 0.3 is 0 Å². The molecule has 3 aromatic rings. The third-order valence-electron chi connectivity index (χ3n) is 7.85. The Morgan fingerprint density at radius 2 is 1.74 bits per heavy atom. The number of fused-ring (bicyclic) bond motifs is 2. The summed E-state index contributed by atoms with van der Waals surface area (Å²) in [5, 5.41) is 12.7. The minimum Gasteiger partial charge on any atom is -0.396 e. The average Bonchev–Trinajstić information content (AvgIpc) is 3.32. The highest BCUT2D eigenvalue weighted by Gasteiger charge is 2.66. The Balaban J connectivity index is 1.60. The lowest BCUT2D eigenvalue weighted by Crippen LogP contribution is -2.45. The van der Waals surface area contributed by atoms with Gasteiger partial charge < -0.3 is 24.2 Å². The zero-order valence-corrected chi connectivity index (χ0v) is 22.9. The van der Waals surface area contributed by atoms with E-state index in [1.54, 1.807) is 54.4 Å². The number of carbonyl (C=O) groups excluding carboxylic acids is 2. The van der Waals surface area contributed by atoms with Crippen LogP contribution in [0.1, 0.15) is 34.8 Å². The molecular weight excluding hydrogens is 499 g/mol. The van der Waals surface area contributed by atoms with Crippen molar-refractivity contribution in [2.45, 2.75) is 50.2 Å². The van der Waals surface area contributed by atoms with Gasteiger partial charge in [-0.2, -0.15) is 0 Å². The molecule has 0 bridgehead atoms. The van der Waals surface area contributed by atoms with Crippen molar-refractivity contribution in [3.8, 4) is 0 Å². The first-order chi connectivity index (χ1) is 18.2. The fraction of sp³-hybridized carbons (Fsp3) is 0.333. The SMILES string of the molecule is C[C@@H]1[C@@H]([Si](C)(C)F)[C@H](CCO)O[C@@]12C(=O)N(Cc1ccccc1)c1ccc(NC(=O)c3ccccc3)cc12. The van der Waals surface area contributed by atoms with Crippen molar-refractivity contribution in [2.75, 3.05) is 16.8 Å². The number of nitrogens with one attached hydrogen (secondary N) is 1. The molecular formula is C30H33FN2O4Si. The summed E-state index contributed by atoms with van der Waals surface area (Å²) < 4.78 is 22.3. The van der Waals surface area contributed by atoms with Crippen LogP contribution in [0.3, 0.4) is 0 Å². The lowest BCUT2D eigenvalue weighted by Gasteiger charge is -2.31. The lowest BCUT2D eigenvalue weighted by molar-refractivity contribution is -0.146. The molecule has 4 atom stereocenters. The Bertz CT molecular complexity index is 1330. The van der Waals surface area contributed by atoms with Gasteiger partial charge in [0.2, 0.25) is 8.41 Å². The van der Waals surface area contributed by atoms with E-state index in [2.05, 4.69) is 5.32 Å². The maximum Gasteiger partial charge on any atom is 0.264 e. The first kappa shape index (κ1) is 26.3. The number of aliphatic hydroxyl groups is 1. The topological polar surface area (TPSA) is 78.9 Å². The van der Waals surface area contributed by atoms with E-state index in [0.717, 1.165) is 5.56 Å². The van der Waals surface area contributed by atoms with Crippen LogP contribution in [0.2, 0.25) is 18.6 Å². The van der Waals surface area contributed by atoms with Crippen LogP contribution in [-0.2, 0) is 21.7 Å². The van der Waals surface area contributed by atoms with Gasteiger partial charge in [-0.15, -0.1) is 0 Å². The van der Waals surface area contributed by atoms with E-state index in [4.69, 9.17) is 4.74 Å². The molecule has 2 aliphatic rings. The van der Waals surface area contributed by atoms with Gasteiger partial charge in [-0.25, -0.2) is 0 Å². The summed E-state index contributed by atoms with van der Waals surface area (Å²) in [6.07, 6.45) is -0.333. The van der Waals surface area contributed by atoms with E-state index < -0.39 is 31.6 Å².